The van der Waals surface area contributed by atoms with Crippen molar-refractivity contribution >= 4 is 17.7 Å². The number of ether oxygens (including phenoxy) is 4. The Labute approximate surface area is 340 Å². The zero-order valence-electron chi connectivity index (χ0n) is 36.0. The molecule has 324 valence electrons. The van der Waals surface area contributed by atoms with Gasteiger partial charge in [0, 0.05) is 23.8 Å². The molecule has 1 aromatic rings. The highest BCUT2D eigenvalue weighted by molar-refractivity contribution is 5.88. The second-order valence-electron chi connectivity index (χ2n) is 18.0. The van der Waals surface area contributed by atoms with Crippen LogP contribution in [0.5, 0.6) is 0 Å². The van der Waals surface area contributed by atoms with Crippen molar-refractivity contribution in [3.05, 3.63) is 35.9 Å². The number of hydrogen-bond donors (Lipinski definition) is 4. The molecule has 3 fully saturated rings. The summed E-state index contributed by atoms with van der Waals surface area (Å²) in [6, 6.07) is 8.77. The molecule has 2 aliphatic heterocycles. The van der Waals surface area contributed by atoms with Gasteiger partial charge < -0.3 is 49.1 Å². The van der Waals surface area contributed by atoms with Crippen LogP contribution in [0, 0.1) is 29.6 Å². The summed E-state index contributed by atoms with van der Waals surface area (Å²) in [5, 5.41) is 52.8. The van der Waals surface area contributed by atoms with Gasteiger partial charge in [0.05, 0.1) is 42.0 Å². The monoisotopic (exact) mass is 805 g/mol. The first-order valence-electron chi connectivity index (χ1n) is 21.2. The third-order valence-corrected chi connectivity index (χ3v) is 12.7. The largest absolute Gasteiger partial charge is 0.461 e. The molecule has 14 atom stereocenters. The fraction of sp³-hybridized carbons (Fsp3) is 0.795. The Morgan fingerprint density at radius 3 is 2.25 bits per heavy atom. The lowest BCUT2D eigenvalue weighted by atomic mass is 9.73. The van der Waals surface area contributed by atoms with Crippen LogP contribution in [0.4, 0.5) is 0 Å². The number of hydrogen-bond acceptors (Lipinski definition) is 13. The second kappa shape index (κ2) is 20.5. The molecular weight excluding hydrogens is 732 g/mol. The van der Waals surface area contributed by atoms with E-state index < -0.39 is 83.6 Å². The van der Waals surface area contributed by atoms with E-state index in [9.17, 15) is 30.0 Å². The van der Waals surface area contributed by atoms with Crippen LogP contribution in [0.25, 0.3) is 0 Å². The van der Waals surface area contributed by atoms with Crippen LogP contribution in [0.15, 0.2) is 35.5 Å². The van der Waals surface area contributed by atoms with Crippen molar-refractivity contribution in [3.63, 3.8) is 0 Å². The molecule has 0 radical (unpaired) electrons. The van der Waals surface area contributed by atoms with Crippen molar-refractivity contribution in [1.29, 1.82) is 0 Å². The van der Waals surface area contributed by atoms with Gasteiger partial charge in [0.1, 0.15) is 30.5 Å². The molecule has 13 heteroatoms. The maximum Gasteiger partial charge on any atom is 0.312 e. The fourth-order valence-electron chi connectivity index (χ4n) is 9.32. The van der Waals surface area contributed by atoms with Crippen LogP contribution in [0.2, 0.25) is 0 Å². The number of rotatable bonds is 10. The van der Waals surface area contributed by atoms with Crippen LogP contribution >= 0.6 is 0 Å². The SMILES string of the molecule is CC[C@@H]1OC(=O)[C@H](C)[C@@H](OC(=O)Cc2ccccc2)[C@H](C)[C@@H](O[C@@H]2O[C@H](C)C[C@H](N(C)C)[C@H]2O)[C@@](C)(O)C[C@H](C)/C(=N\OCC2CCCCC2)[C@@H](C)[C@@H](O)[C@]1(C)O. The Kier molecular flexibility index (Phi) is 17.0. The van der Waals surface area contributed by atoms with Gasteiger partial charge in [-0.3, -0.25) is 9.59 Å². The zero-order chi connectivity index (χ0) is 42.2. The first-order chi connectivity index (χ1) is 26.8. The van der Waals surface area contributed by atoms with E-state index in [1.54, 1.807) is 46.8 Å². The average molecular weight is 805 g/mol. The summed E-state index contributed by atoms with van der Waals surface area (Å²) in [5.41, 5.74) is -2.54. The van der Waals surface area contributed by atoms with Crippen molar-refractivity contribution in [2.45, 2.75) is 173 Å². The van der Waals surface area contributed by atoms with Crippen molar-refractivity contribution < 1.29 is 53.8 Å². The van der Waals surface area contributed by atoms with E-state index >= 15 is 0 Å². The fourth-order valence-corrected chi connectivity index (χ4v) is 9.32. The molecule has 1 aliphatic carbocycles. The quantitative estimate of drug-likeness (QED) is 0.184. The van der Waals surface area contributed by atoms with Gasteiger partial charge >= 0.3 is 11.9 Å². The molecule has 13 nitrogen and oxygen atoms in total. The molecule has 0 bridgehead atoms. The van der Waals surface area contributed by atoms with E-state index in [0.29, 0.717) is 30.2 Å². The van der Waals surface area contributed by atoms with Gasteiger partial charge in [-0.25, -0.2) is 0 Å². The van der Waals surface area contributed by atoms with E-state index in [1.165, 1.54) is 13.3 Å². The highest BCUT2D eigenvalue weighted by atomic mass is 16.7. The zero-order valence-corrected chi connectivity index (χ0v) is 36.0. The van der Waals surface area contributed by atoms with Gasteiger partial charge in [0.25, 0.3) is 0 Å². The van der Waals surface area contributed by atoms with Crippen LogP contribution < -0.4 is 0 Å². The molecule has 1 saturated carbocycles. The van der Waals surface area contributed by atoms with Crippen molar-refractivity contribution in [2.75, 3.05) is 20.7 Å². The Hall–Kier alpha value is -2.65. The molecule has 1 aromatic carbocycles. The molecule has 4 N–H and O–H groups in total. The summed E-state index contributed by atoms with van der Waals surface area (Å²) in [6.45, 7) is 14.0. The topological polar surface area (TPSA) is 177 Å². The lowest BCUT2D eigenvalue weighted by Gasteiger charge is -2.47. The molecule has 2 saturated heterocycles. The number of likely N-dealkylation sites (N-methyl/N-ethyl adjacent to an activating group) is 1. The van der Waals surface area contributed by atoms with E-state index in [4.69, 9.17) is 23.8 Å². The van der Waals surface area contributed by atoms with Gasteiger partial charge in [0.2, 0.25) is 0 Å². The predicted molar refractivity (Wildman–Crippen MR) is 216 cm³/mol. The number of oxime groups is 1. The van der Waals surface area contributed by atoms with E-state index in [-0.39, 0.29) is 31.4 Å². The number of carbonyl (C=O) groups is 2. The Balaban J connectivity index is 1.82. The van der Waals surface area contributed by atoms with Gasteiger partial charge in [0.15, 0.2) is 6.29 Å². The number of benzene rings is 1. The maximum absolute atomic E-state index is 14.2. The van der Waals surface area contributed by atoms with Gasteiger partial charge in [-0.15, -0.1) is 0 Å². The van der Waals surface area contributed by atoms with Gasteiger partial charge in [-0.2, -0.15) is 0 Å². The lowest BCUT2D eigenvalue weighted by Crippen LogP contribution is -2.60. The predicted octanol–water partition coefficient (Wildman–Crippen LogP) is 5.04. The summed E-state index contributed by atoms with van der Waals surface area (Å²) >= 11 is 0. The molecule has 0 spiro atoms. The minimum atomic E-state index is -1.93. The molecule has 57 heavy (non-hydrogen) atoms. The first-order valence-corrected chi connectivity index (χ1v) is 21.2. The number of nitrogens with zero attached hydrogens (tertiary/aromatic N) is 2. The maximum atomic E-state index is 14.2. The first kappa shape index (κ1) is 47.0. The number of aliphatic hydroxyl groups is 4. The molecule has 0 aromatic heterocycles. The van der Waals surface area contributed by atoms with Crippen LogP contribution in [-0.4, -0.2) is 124 Å². The van der Waals surface area contributed by atoms with Crippen LogP contribution in [-0.2, 0) is 39.8 Å². The number of esters is 2. The van der Waals surface area contributed by atoms with Crippen LogP contribution in [0.1, 0.15) is 112 Å². The van der Waals surface area contributed by atoms with E-state index in [1.807, 2.05) is 51.0 Å². The van der Waals surface area contributed by atoms with E-state index in [0.717, 1.165) is 25.7 Å². The lowest BCUT2D eigenvalue weighted by molar-refractivity contribution is -0.299. The summed E-state index contributed by atoms with van der Waals surface area (Å²) in [6.07, 6.45) is -1.35. The van der Waals surface area contributed by atoms with E-state index in [2.05, 4.69) is 5.16 Å². The Morgan fingerprint density at radius 1 is 0.982 bits per heavy atom. The standard InChI is InChI=1S/C44H72N2O11/c1-11-34-44(8,52)39(49)28(4)36(45-53-25-32-20-16-13-17-21-32)26(2)24-43(7,51)40(57-42-37(48)33(46(9)10)22-27(3)54-42)29(5)38(30(6)41(50)55-34)56-35(47)23-31-18-14-12-15-19-31/h12,14-15,18-19,26-30,32-34,37-40,42,48-49,51-52H,11,13,16-17,20-25H2,1-10H3/b45-36+/t26-,27+,28+,29-,30+,33-,34-,37+,38-,39+,40+,42-,43-,44+/m0/s1. The highest BCUT2D eigenvalue weighted by Crippen LogP contribution is 2.39. The number of carbonyl (C=O) groups excluding carboxylic acids is 2. The van der Waals surface area contributed by atoms with Crippen molar-refractivity contribution in [1.82, 2.24) is 4.90 Å². The Bertz CT molecular complexity index is 1450. The van der Waals surface area contributed by atoms with Crippen molar-refractivity contribution in [2.24, 2.45) is 34.7 Å². The smallest absolute Gasteiger partial charge is 0.312 e. The van der Waals surface area contributed by atoms with Gasteiger partial charge in [-0.1, -0.05) is 82.4 Å². The highest BCUT2D eigenvalue weighted by Gasteiger charge is 2.52. The molecule has 4 rings (SSSR count). The number of aliphatic hydroxyl groups excluding tert-OH is 2. The molecule has 0 unspecified atom stereocenters. The minimum Gasteiger partial charge on any atom is -0.461 e. The molecular formula is C44H72N2O11. The summed E-state index contributed by atoms with van der Waals surface area (Å²) in [7, 11) is 3.74. The minimum absolute atomic E-state index is 0.0169. The summed E-state index contributed by atoms with van der Waals surface area (Å²) in [4.78, 5) is 35.8. The summed E-state index contributed by atoms with van der Waals surface area (Å²) in [5.74, 6) is -4.35. The summed E-state index contributed by atoms with van der Waals surface area (Å²) < 4.78 is 25.1. The average Bonchev–Trinajstić information content (AvgIpc) is 3.16. The second-order valence-corrected chi connectivity index (χ2v) is 18.0. The van der Waals surface area contributed by atoms with Crippen LogP contribution in [0.3, 0.4) is 0 Å². The molecule has 0 amide bonds. The third-order valence-electron chi connectivity index (χ3n) is 12.7. The van der Waals surface area contributed by atoms with Crippen molar-refractivity contribution in [3.8, 4) is 0 Å². The number of cyclic esters (lactones) is 1. The third kappa shape index (κ3) is 12.0. The normalized spacial score (nSPS) is 40.0. The Morgan fingerprint density at radius 2 is 1.63 bits per heavy atom. The van der Waals surface area contributed by atoms with Gasteiger partial charge in [-0.05, 0) is 85.4 Å². The molecule has 3 aliphatic rings. The molecule has 2 heterocycles.